The Labute approximate surface area is 135 Å². The van der Waals surface area contributed by atoms with Gasteiger partial charge in [-0.1, -0.05) is 23.2 Å². The highest BCUT2D eigenvalue weighted by molar-refractivity contribution is 9.10. The molecule has 0 aromatic heterocycles. The second-order valence-electron chi connectivity index (χ2n) is 4.09. The summed E-state index contributed by atoms with van der Waals surface area (Å²) in [5.41, 5.74) is 1.47. The van der Waals surface area contributed by atoms with Crippen LogP contribution in [0.25, 0.3) is 0 Å². The van der Waals surface area contributed by atoms with Crippen LogP contribution in [0.1, 0.15) is 5.56 Å². The second kappa shape index (κ2) is 6.57. The van der Waals surface area contributed by atoms with Gasteiger partial charge in [0.25, 0.3) is 0 Å². The molecule has 0 heterocycles. The number of benzene rings is 2. The fraction of sp³-hybridized carbons (Fsp3) is 0.143. The van der Waals surface area contributed by atoms with Crippen LogP contribution >= 0.6 is 39.1 Å². The molecule has 0 unspecified atom stereocenters. The van der Waals surface area contributed by atoms with Gasteiger partial charge in [-0.2, -0.15) is 0 Å². The molecule has 0 radical (unpaired) electrons. The van der Waals surface area contributed by atoms with Crippen LogP contribution in [0.5, 0.6) is 11.5 Å². The normalized spacial score (nSPS) is 10.4. The Balaban J connectivity index is 2.23. The van der Waals surface area contributed by atoms with Gasteiger partial charge < -0.3 is 15.2 Å². The fourth-order valence-corrected chi connectivity index (χ4v) is 2.53. The van der Waals surface area contributed by atoms with Gasteiger partial charge in [-0.25, -0.2) is 0 Å². The molecule has 2 aromatic carbocycles. The summed E-state index contributed by atoms with van der Waals surface area (Å²) >= 11 is 15.4. The number of rotatable bonds is 4. The molecule has 20 heavy (non-hydrogen) atoms. The Hall–Kier alpha value is -1.10. The van der Waals surface area contributed by atoms with Gasteiger partial charge in [0.2, 0.25) is 0 Å². The first-order valence-electron chi connectivity index (χ1n) is 5.75. The fourth-order valence-electron chi connectivity index (χ4n) is 1.74. The van der Waals surface area contributed by atoms with Crippen molar-refractivity contribution in [1.82, 2.24) is 0 Å². The van der Waals surface area contributed by atoms with Crippen molar-refractivity contribution in [2.45, 2.75) is 6.54 Å². The van der Waals surface area contributed by atoms with Gasteiger partial charge in [0.15, 0.2) is 11.5 Å². The van der Waals surface area contributed by atoms with Crippen LogP contribution in [-0.4, -0.2) is 12.2 Å². The van der Waals surface area contributed by atoms with Gasteiger partial charge >= 0.3 is 0 Å². The van der Waals surface area contributed by atoms with Crippen LogP contribution in [0.2, 0.25) is 10.0 Å². The summed E-state index contributed by atoms with van der Waals surface area (Å²) in [7, 11) is 1.48. The minimum Gasteiger partial charge on any atom is -0.504 e. The third-order valence-electron chi connectivity index (χ3n) is 2.74. The molecule has 3 nitrogen and oxygen atoms in total. The molecule has 0 aliphatic rings. The summed E-state index contributed by atoms with van der Waals surface area (Å²) in [5.74, 6) is 0.419. The number of halogens is 3. The van der Waals surface area contributed by atoms with Crippen molar-refractivity contribution in [2.75, 3.05) is 12.4 Å². The van der Waals surface area contributed by atoms with E-state index in [0.717, 1.165) is 10.2 Å². The first kappa shape index (κ1) is 15.3. The summed E-state index contributed by atoms with van der Waals surface area (Å²) in [6, 6.07) is 8.69. The number of phenolic OH excluding ortho intramolecular Hbond substituents is 1. The second-order valence-corrected chi connectivity index (χ2v) is 5.82. The molecule has 0 saturated heterocycles. The lowest BCUT2D eigenvalue weighted by Gasteiger charge is -2.13. The maximum absolute atomic E-state index is 10.1. The number of methoxy groups -OCH3 is 1. The molecule has 2 aromatic rings. The Morgan fingerprint density at radius 3 is 2.65 bits per heavy atom. The molecular weight excluding hydrogens is 365 g/mol. The SMILES string of the molecule is COc1cc(Cl)cc(CNc2cc(Cl)ccc2Br)c1O. The molecule has 2 rings (SSSR count). The van der Waals surface area contributed by atoms with E-state index in [4.69, 9.17) is 27.9 Å². The monoisotopic (exact) mass is 375 g/mol. The molecule has 2 N–H and O–H groups in total. The number of hydrogen-bond acceptors (Lipinski definition) is 3. The number of ether oxygens (including phenoxy) is 1. The van der Waals surface area contributed by atoms with E-state index in [1.54, 1.807) is 24.3 Å². The van der Waals surface area contributed by atoms with E-state index < -0.39 is 0 Å². The minimum atomic E-state index is 0.0718. The highest BCUT2D eigenvalue weighted by Crippen LogP contribution is 2.34. The zero-order valence-electron chi connectivity index (χ0n) is 10.6. The predicted octanol–water partition coefficient (Wildman–Crippen LogP) is 5.08. The molecule has 0 saturated carbocycles. The van der Waals surface area contributed by atoms with Crippen molar-refractivity contribution in [2.24, 2.45) is 0 Å². The van der Waals surface area contributed by atoms with E-state index in [9.17, 15) is 5.11 Å². The van der Waals surface area contributed by atoms with Crippen molar-refractivity contribution in [3.63, 3.8) is 0 Å². The molecule has 0 aliphatic heterocycles. The van der Waals surface area contributed by atoms with Crippen molar-refractivity contribution < 1.29 is 9.84 Å². The number of anilines is 1. The van der Waals surface area contributed by atoms with Gasteiger partial charge in [0, 0.05) is 32.7 Å². The molecule has 6 heteroatoms. The first-order chi connectivity index (χ1) is 9.51. The van der Waals surface area contributed by atoms with E-state index in [0.29, 0.717) is 27.9 Å². The average Bonchev–Trinajstić information content (AvgIpc) is 2.42. The molecule has 0 aliphatic carbocycles. The molecule has 106 valence electrons. The van der Waals surface area contributed by atoms with Crippen LogP contribution in [0, 0.1) is 0 Å². The van der Waals surface area contributed by atoms with Crippen molar-refractivity contribution in [3.8, 4) is 11.5 Å². The van der Waals surface area contributed by atoms with Crippen LogP contribution in [0.15, 0.2) is 34.8 Å². The van der Waals surface area contributed by atoms with Crippen LogP contribution < -0.4 is 10.1 Å². The predicted molar refractivity (Wildman–Crippen MR) is 86.1 cm³/mol. The Morgan fingerprint density at radius 1 is 1.20 bits per heavy atom. The van der Waals surface area contributed by atoms with Gasteiger partial charge in [0.1, 0.15) is 0 Å². The van der Waals surface area contributed by atoms with E-state index in [1.807, 2.05) is 6.07 Å². The van der Waals surface area contributed by atoms with Crippen molar-refractivity contribution in [3.05, 3.63) is 50.4 Å². The molecular formula is C14H12BrCl2NO2. The van der Waals surface area contributed by atoms with E-state index in [-0.39, 0.29) is 5.75 Å². The topological polar surface area (TPSA) is 41.5 Å². The molecule has 0 atom stereocenters. The number of phenols is 1. The van der Waals surface area contributed by atoms with E-state index in [2.05, 4.69) is 21.2 Å². The van der Waals surface area contributed by atoms with Crippen molar-refractivity contribution in [1.29, 1.82) is 0 Å². The number of aromatic hydroxyl groups is 1. The molecule has 0 spiro atoms. The summed E-state index contributed by atoms with van der Waals surface area (Å²) in [4.78, 5) is 0. The largest absolute Gasteiger partial charge is 0.504 e. The summed E-state index contributed by atoms with van der Waals surface area (Å²) in [5, 5.41) is 14.4. The average molecular weight is 377 g/mol. The Morgan fingerprint density at radius 2 is 1.95 bits per heavy atom. The summed E-state index contributed by atoms with van der Waals surface area (Å²) in [6.07, 6.45) is 0. The van der Waals surface area contributed by atoms with E-state index in [1.165, 1.54) is 7.11 Å². The van der Waals surface area contributed by atoms with Crippen LogP contribution in [-0.2, 0) is 6.54 Å². The van der Waals surface area contributed by atoms with Gasteiger partial charge in [-0.15, -0.1) is 0 Å². The number of nitrogens with one attached hydrogen (secondary N) is 1. The maximum atomic E-state index is 10.1. The zero-order chi connectivity index (χ0) is 14.7. The van der Waals surface area contributed by atoms with Gasteiger partial charge in [-0.05, 0) is 40.2 Å². The molecule has 0 fully saturated rings. The van der Waals surface area contributed by atoms with Crippen LogP contribution in [0.4, 0.5) is 5.69 Å². The van der Waals surface area contributed by atoms with Gasteiger partial charge in [0.05, 0.1) is 12.8 Å². The highest BCUT2D eigenvalue weighted by atomic mass is 79.9. The summed E-state index contributed by atoms with van der Waals surface area (Å²) in [6.45, 7) is 0.391. The smallest absolute Gasteiger partial charge is 0.162 e. The third-order valence-corrected chi connectivity index (χ3v) is 3.88. The van der Waals surface area contributed by atoms with Crippen LogP contribution in [0.3, 0.4) is 0 Å². The van der Waals surface area contributed by atoms with E-state index >= 15 is 0 Å². The minimum absolute atomic E-state index is 0.0718. The molecule has 0 bridgehead atoms. The third kappa shape index (κ3) is 3.51. The standard InChI is InChI=1S/C14H12BrCl2NO2/c1-20-13-6-10(17)4-8(14(13)19)7-18-12-5-9(16)2-3-11(12)15/h2-6,18-19H,7H2,1H3. The first-order valence-corrected chi connectivity index (χ1v) is 7.30. The van der Waals surface area contributed by atoms with Crippen molar-refractivity contribution >= 4 is 44.8 Å². The lowest BCUT2D eigenvalue weighted by molar-refractivity contribution is 0.371. The Bertz CT molecular complexity index is 635. The quantitative estimate of drug-likeness (QED) is 0.781. The maximum Gasteiger partial charge on any atom is 0.162 e. The number of hydrogen-bond donors (Lipinski definition) is 2. The summed E-state index contributed by atoms with van der Waals surface area (Å²) < 4.78 is 5.95. The Kier molecular flexibility index (Phi) is 5.02. The molecule has 0 amide bonds. The lowest BCUT2D eigenvalue weighted by Crippen LogP contribution is -2.01. The van der Waals surface area contributed by atoms with Gasteiger partial charge in [-0.3, -0.25) is 0 Å². The zero-order valence-corrected chi connectivity index (χ0v) is 13.7. The highest BCUT2D eigenvalue weighted by Gasteiger charge is 2.10. The lowest BCUT2D eigenvalue weighted by atomic mass is 10.1.